The van der Waals surface area contributed by atoms with Crippen LogP contribution in [0.3, 0.4) is 0 Å². The summed E-state index contributed by atoms with van der Waals surface area (Å²) in [6.45, 7) is 4.95. The van der Waals surface area contributed by atoms with E-state index in [9.17, 15) is 9.59 Å². The second-order valence-corrected chi connectivity index (χ2v) is 5.03. The number of nitriles is 2. The lowest BCUT2D eigenvalue weighted by atomic mass is 10.0. The maximum absolute atomic E-state index is 12.2. The summed E-state index contributed by atoms with van der Waals surface area (Å²) in [5.41, 5.74) is 0.395. The molecule has 1 N–H and O–H groups in total. The lowest BCUT2D eigenvalue weighted by Gasteiger charge is -2.17. The van der Waals surface area contributed by atoms with Crippen molar-refractivity contribution in [3.63, 3.8) is 0 Å². The number of Topliss-reactive ketones (excluding diaryl/α,β-unsaturated/α-hetero) is 1. The van der Waals surface area contributed by atoms with Crippen molar-refractivity contribution in [2.45, 2.75) is 32.9 Å². The minimum Gasteiger partial charge on any atom is -0.483 e. The minimum atomic E-state index is -1.42. The Morgan fingerprint density at radius 3 is 2.45 bits per heavy atom. The number of benzene rings is 1. The van der Waals surface area contributed by atoms with Gasteiger partial charge in [-0.3, -0.25) is 9.59 Å². The Balaban J connectivity index is 2.80. The van der Waals surface area contributed by atoms with Gasteiger partial charge in [0.1, 0.15) is 5.75 Å². The van der Waals surface area contributed by atoms with Gasteiger partial charge < -0.3 is 10.1 Å². The summed E-state index contributed by atoms with van der Waals surface area (Å²) in [7, 11) is 0. The van der Waals surface area contributed by atoms with Crippen LogP contribution in [0.1, 0.15) is 26.3 Å². The molecule has 0 fully saturated rings. The summed E-state index contributed by atoms with van der Waals surface area (Å²) >= 11 is 0. The zero-order valence-electron chi connectivity index (χ0n) is 12.7. The number of amides is 1. The summed E-state index contributed by atoms with van der Waals surface area (Å²) in [5, 5.41) is 20.4. The average Bonchev–Trinajstić information content (AvgIpc) is 2.47. The highest BCUT2D eigenvalue weighted by Crippen LogP contribution is 2.16. The van der Waals surface area contributed by atoms with Crippen LogP contribution >= 0.6 is 0 Å². The smallest absolute Gasteiger partial charge is 0.245 e. The third-order valence-corrected chi connectivity index (χ3v) is 2.78. The molecule has 22 heavy (non-hydrogen) atoms. The van der Waals surface area contributed by atoms with E-state index in [4.69, 9.17) is 15.3 Å². The van der Waals surface area contributed by atoms with Gasteiger partial charge in [-0.05, 0) is 39.0 Å². The molecular weight excluding hydrogens is 282 g/mol. The van der Waals surface area contributed by atoms with Gasteiger partial charge in [-0.15, -0.1) is 0 Å². The van der Waals surface area contributed by atoms with E-state index in [0.717, 1.165) is 0 Å². The monoisotopic (exact) mass is 299 g/mol. The zero-order chi connectivity index (χ0) is 16.7. The van der Waals surface area contributed by atoms with Gasteiger partial charge in [0, 0.05) is 6.04 Å². The van der Waals surface area contributed by atoms with Crippen LogP contribution in [-0.4, -0.2) is 23.8 Å². The molecule has 0 heterocycles. The molecule has 0 aliphatic heterocycles. The SMILES string of the molecule is CC(C)NC(=O)[C@H](C#N)C(=O)[C@H](C)Oc1cccc(C#N)c1. The van der Waals surface area contributed by atoms with Gasteiger partial charge in [-0.25, -0.2) is 0 Å². The van der Waals surface area contributed by atoms with Crippen molar-refractivity contribution in [3.8, 4) is 17.9 Å². The summed E-state index contributed by atoms with van der Waals surface area (Å²) in [5.74, 6) is -2.34. The Morgan fingerprint density at radius 2 is 1.91 bits per heavy atom. The fraction of sp³-hybridized carbons (Fsp3) is 0.375. The van der Waals surface area contributed by atoms with Crippen LogP contribution in [0, 0.1) is 28.6 Å². The first-order valence-corrected chi connectivity index (χ1v) is 6.79. The van der Waals surface area contributed by atoms with E-state index in [1.54, 1.807) is 38.1 Å². The number of nitrogens with one attached hydrogen (secondary N) is 1. The number of carbonyl (C=O) groups excluding carboxylic acids is 2. The lowest BCUT2D eigenvalue weighted by molar-refractivity contribution is -0.135. The quantitative estimate of drug-likeness (QED) is 0.803. The first-order valence-electron chi connectivity index (χ1n) is 6.79. The highest BCUT2D eigenvalue weighted by Gasteiger charge is 2.31. The van der Waals surface area contributed by atoms with Crippen LogP contribution in [0.25, 0.3) is 0 Å². The maximum atomic E-state index is 12.2. The Bertz CT molecular complexity index is 641. The van der Waals surface area contributed by atoms with Crippen LogP contribution in [0.4, 0.5) is 0 Å². The lowest BCUT2D eigenvalue weighted by Crippen LogP contribution is -2.42. The molecule has 114 valence electrons. The molecule has 0 unspecified atom stereocenters. The largest absolute Gasteiger partial charge is 0.483 e. The van der Waals surface area contributed by atoms with Gasteiger partial charge in [-0.1, -0.05) is 6.07 Å². The average molecular weight is 299 g/mol. The molecule has 0 aromatic heterocycles. The minimum absolute atomic E-state index is 0.167. The van der Waals surface area contributed by atoms with E-state index in [1.165, 1.54) is 13.0 Å². The van der Waals surface area contributed by atoms with Crippen molar-refractivity contribution in [2.24, 2.45) is 5.92 Å². The zero-order valence-corrected chi connectivity index (χ0v) is 12.7. The topological polar surface area (TPSA) is 103 Å². The molecule has 1 aromatic carbocycles. The van der Waals surface area contributed by atoms with Gasteiger partial charge in [0.2, 0.25) is 5.91 Å². The van der Waals surface area contributed by atoms with Crippen LogP contribution < -0.4 is 10.1 Å². The third kappa shape index (κ3) is 4.60. The second kappa shape index (κ2) is 7.80. The van der Waals surface area contributed by atoms with Crippen molar-refractivity contribution in [1.82, 2.24) is 5.32 Å². The van der Waals surface area contributed by atoms with Gasteiger partial charge >= 0.3 is 0 Å². The van der Waals surface area contributed by atoms with Crippen molar-refractivity contribution in [2.75, 3.05) is 0 Å². The highest BCUT2D eigenvalue weighted by molar-refractivity contribution is 6.05. The van der Waals surface area contributed by atoms with Gasteiger partial charge in [-0.2, -0.15) is 10.5 Å². The molecule has 6 heteroatoms. The Labute approximate surface area is 129 Å². The standard InChI is InChI=1S/C16H17N3O3/c1-10(2)19-16(21)14(9-18)15(20)11(3)22-13-6-4-5-12(7-13)8-17/h4-7,10-11,14H,1-3H3,(H,19,21)/t11-,14+/m0/s1. The number of nitrogens with zero attached hydrogens (tertiary/aromatic N) is 2. The van der Waals surface area contributed by atoms with E-state index in [-0.39, 0.29) is 6.04 Å². The molecule has 0 saturated carbocycles. The van der Waals surface area contributed by atoms with Crippen molar-refractivity contribution < 1.29 is 14.3 Å². The maximum Gasteiger partial charge on any atom is 0.245 e. The van der Waals surface area contributed by atoms with Crippen LogP contribution in [-0.2, 0) is 9.59 Å². The van der Waals surface area contributed by atoms with E-state index in [2.05, 4.69) is 5.32 Å². The number of ketones is 1. The first kappa shape index (κ1) is 17.2. The molecule has 1 aromatic rings. The molecule has 1 rings (SSSR count). The predicted octanol–water partition coefficient (Wildman–Crippen LogP) is 1.56. The number of rotatable bonds is 6. The molecule has 0 saturated heterocycles. The summed E-state index contributed by atoms with van der Waals surface area (Å²) in [6.07, 6.45) is -0.975. The molecule has 0 radical (unpaired) electrons. The van der Waals surface area contributed by atoms with E-state index in [1.807, 2.05) is 6.07 Å². The third-order valence-electron chi connectivity index (χ3n) is 2.78. The summed E-state index contributed by atoms with van der Waals surface area (Å²) < 4.78 is 5.42. The van der Waals surface area contributed by atoms with E-state index < -0.39 is 23.7 Å². The van der Waals surface area contributed by atoms with Gasteiger partial charge in [0.25, 0.3) is 0 Å². The Kier molecular flexibility index (Phi) is 6.09. The molecule has 1 amide bonds. The predicted molar refractivity (Wildman–Crippen MR) is 78.6 cm³/mol. The van der Waals surface area contributed by atoms with Crippen LogP contribution in [0.5, 0.6) is 5.75 Å². The summed E-state index contributed by atoms with van der Waals surface area (Å²) in [4.78, 5) is 24.0. The molecule has 0 spiro atoms. The van der Waals surface area contributed by atoms with Gasteiger partial charge in [0.15, 0.2) is 17.8 Å². The first-order chi connectivity index (χ1) is 10.4. The van der Waals surface area contributed by atoms with Gasteiger partial charge in [0.05, 0.1) is 17.7 Å². The van der Waals surface area contributed by atoms with E-state index >= 15 is 0 Å². The molecule has 2 atom stereocenters. The highest BCUT2D eigenvalue weighted by atomic mass is 16.5. The van der Waals surface area contributed by atoms with Crippen molar-refractivity contribution >= 4 is 11.7 Å². The van der Waals surface area contributed by atoms with E-state index in [0.29, 0.717) is 11.3 Å². The van der Waals surface area contributed by atoms with Crippen molar-refractivity contribution in [3.05, 3.63) is 29.8 Å². The van der Waals surface area contributed by atoms with Crippen LogP contribution in [0.15, 0.2) is 24.3 Å². The molecule has 0 bridgehead atoms. The molecule has 6 nitrogen and oxygen atoms in total. The number of ether oxygens (including phenoxy) is 1. The normalized spacial score (nSPS) is 12.6. The summed E-state index contributed by atoms with van der Waals surface area (Å²) in [6, 6.07) is 9.81. The number of hydrogen-bond donors (Lipinski definition) is 1. The molecule has 0 aliphatic carbocycles. The Hall–Kier alpha value is -2.86. The van der Waals surface area contributed by atoms with Crippen LogP contribution in [0.2, 0.25) is 0 Å². The second-order valence-electron chi connectivity index (χ2n) is 5.03. The fourth-order valence-electron chi connectivity index (χ4n) is 1.76. The molecular formula is C16H17N3O3. The number of carbonyl (C=O) groups is 2. The van der Waals surface area contributed by atoms with Crippen molar-refractivity contribution in [1.29, 1.82) is 10.5 Å². The number of hydrogen-bond acceptors (Lipinski definition) is 5. The fourth-order valence-corrected chi connectivity index (χ4v) is 1.76. The molecule has 0 aliphatic rings. The Morgan fingerprint density at radius 1 is 1.23 bits per heavy atom.